The highest BCUT2D eigenvalue weighted by molar-refractivity contribution is 6.63. The second-order valence-electron chi connectivity index (χ2n) is 4.28. The van der Waals surface area contributed by atoms with Crippen LogP contribution in [0.25, 0.3) is 0 Å². The quantitative estimate of drug-likeness (QED) is 0.699. The van der Waals surface area contributed by atoms with Crippen LogP contribution in [-0.2, 0) is 10.2 Å². The SMILES string of the molecule is Cc1ccc(C(C)(C)CC(=O)Cl)cc1. The summed E-state index contributed by atoms with van der Waals surface area (Å²) in [6, 6.07) is 8.20. The van der Waals surface area contributed by atoms with Crippen molar-refractivity contribution in [3.05, 3.63) is 35.4 Å². The molecule has 1 aromatic rings. The molecule has 0 saturated carbocycles. The summed E-state index contributed by atoms with van der Waals surface area (Å²) in [5.41, 5.74) is 2.20. The summed E-state index contributed by atoms with van der Waals surface area (Å²) < 4.78 is 0. The first-order valence-electron chi connectivity index (χ1n) is 4.67. The zero-order valence-electron chi connectivity index (χ0n) is 8.80. The minimum Gasteiger partial charge on any atom is -0.281 e. The Kier molecular flexibility index (Phi) is 3.33. The van der Waals surface area contributed by atoms with Crippen LogP contribution in [0.15, 0.2) is 24.3 Å². The Balaban J connectivity index is 2.91. The highest BCUT2D eigenvalue weighted by atomic mass is 35.5. The zero-order chi connectivity index (χ0) is 10.8. The molecule has 0 fully saturated rings. The average Bonchev–Trinajstić information content (AvgIpc) is 2.02. The molecule has 1 rings (SSSR count). The van der Waals surface area contributed by atoms with Gasteiger partial charge in [-0.15, -0.1) is 0 Å². The molecule has 0 aliphatic carbocycles. The van der Waals surface area contributed by atoms with E-state index in [4.69, 9.17) is 11.6 Å². The van der Waals surface area contributed by atoms with E-state index in [9.17, 15) is 4.79 Å². The molecule has 0 aromatic heterocycles. The highest BCUT2D eigenvalue weighted by Crippen LogP contribution is 2.27. The highest BCUT2D eigenvalue weighted by Gasteiger charge is 2.22. The van der Waals surface area contributed by atoms with E-state index in [1.807, 2.05) is 20.8 Å². The van der Waals surface area contributed by atoms with Crippen molar-refractivity contribution in [2.24, 2.45) is 0 Å². The maximum Gasteiger partial charge on any atom is 0.222 e. The molecule has 0 spiro atoms. The van der Waals surface area contributed by atoms with Crippen molar-refractivity contribution in [2.75, 3.05) is 0 Å². The van der Waals surface area contributed by atoms with Crippen LogP contribution in [0, 0.1) is 6.92 Å². The summed E-state index contributed by atoms with van der Waals surface area (Å²) in [5.74, 6) is 0. The van der Waals surface area contributed by atoms with Gasteiger partial charge in [-0.25, -0.2) is 0 Å². The summed E-state index contributed by atoms with van der Waals surface area (Å²) in [7, 11) is 0. The molecule has 0 heterocycles. The summed E-state index contributed by atoms with van der Waals surface area (Å²) in [5, 5.41) is -0.282. The van der Waals surface area contributed by atoms with Gasteiger partial charge >= 0.3 is 0 Å². The molecular formula is C12H15ClO. The van der Waals surface area contributed by atoms with Gasteiger partial charge in [0.1, 0.15) is 0 Å². The van der Waals surface area contributed by atoms with E-state index in [0.29, 0.717) is 6.42 Å². The largest absolute Gasteiger partial charge is 0.281 e. The first-order chi connectivity index (χ1) is 6.42. The Morgan fingerprint density at radius 3 is 2.21 bits per heavy atom. The Hall–Kier alpha value is -0.820. The Bertz CT molecular complexity index is 325. The fourth-order valence-electron chi connectivity index (χ4n) is 1.45. The van der Waals surface area contributed by atoms with Gasteiger partial charge in [0.2, 0.25) is 5.24 Å². The van der Waals surface area contributed by atoms with Crippen molar-refractivity contribution in [3.8, 4) is 0 Å². The molecule has 0 unspecified atom stereocenters. The van der Waals surface area contributed by atoms with E-state index in [0.717, 1.165) is 5.56 Å². The van der Waals surface area contributed by atoms with E-state index in [1.165, 1.54) is 5.56 Å². The first kappa shape index (κ1) is 11.3. The van der Waals surface area contributed by atoms with Gasteiger partial charge in [0.05, 0.1) is 0 Å². The van der Waals surface area contributed by atoms with Crippen LogP contribution in [0.4, 0.5) is 0 Å². The standard InChI is InChI=1S/C12H15ClO/c1-9-4-6-10(7-5-9)12(2,3)8-11(13)14/h4-7H,8H2,1-3H3. The average molecular weight is 211 g/mol. The van der Waals surface area contributed by atoms with Crippen LogP contribution >= 0.6 is 11.6 Å². The number of rotatable bonds is 3. The van der Waals surface area contributed by atoms with Crippen LogP contribution in [0.2, 0.25) is 0 Å². The predicted molar refractivity (Wildman–Crippen MR) is 59.7 cm³/mol. The summed E-state index contributed by atoms with van der Waals surface area (Å²) in [4.78, 5) is 10.9. The van der Waals surface area contributed by atoms with Gasteiger partial charge in [0.15, 0.2) is 0 Å². The molecule has 0 aliphatic heterocycles. The van der Waals surface area contributed by atoms with Gasteiger partial charge in [0, 0.05) is 6.42 Å². The van der Waals surface area contributed by atoms with Crippen LogP contribution < -0.4 is 0 Å². The number of carbonyl (C=O) groups is 1. The van der Waals surface area contributed by atoms with Crippen molar-refractivity contribution in [1.29, 1.82) is 0 Å². The number of hydrogen-bond acceptors (Lipinski definition) is 1. The van der Waals surface area contributed by atoms with E-state index in [-0.39, 0.29) is 10.7 Å². The third-order valence-corrected chi connectivity index (χ3v) is 2.55. The number of halogens is 1. The van der Waals surface area contributed by atoms with Crippen LogP contribution in [0.5, 0.6) is 0 Å². The van der Waals surface area contributed by atoms with Crippen molar-refractivity contribution in [2.45, 2.75) is 32.6 Å². The van der Waals surface area contributed by atoms with Gasteiger partial charge in [0.25, 0.3) is 0 Å². The van der Waals surface area contributed by atoms with Crippen LogP contribution in [0.1, 0.15) is 31.4 Å². The first-order valence-corrected chi connectivity index (χ1v) is 5.05. The van der Waals surface area contributed by atoms with E-state index < -0.39 is 0 Å². The summed E-state index contributed by atoms with van der Waals surface area (Å²) in [6.07, 6.45) is 0.373. The third-order valence-electron chi connectivity index (χ3n) is 2.41. The van der Waals surface area contributed by atoms with E-state index in [2.05, 4.69) is 24.3 Å². The zero-order valence-corrected chi connectivity index (χ0v) is 9.56. The van der Waals surface area contributed by atoms with Crippen molar-refractivity contribution >= 4 is 16.8 Å². The number of carbonyl (C=O) groups excluding carboxylic acids is 1. The van der Waals surface area contributed by atoms with Crippen molar-refractivity contribution in [3.63, 3.8) is 0 Å². The lowest BCUT2D eigenvalue weighted by Gasteiger charge is -2.23. The second-order valence-corrected chi connectivity index (χ2v) is 4.70. The molecule has 0 atom stereocenters. The molecule has 2 heteroatoms. The Morgan fingerprint density at radius 2 is 1.79 bits per heavy atom. The Morgan fingerprint density at radius 1 is 1.29 bits per heavy atom. The smallest absolute Gasteiger partial charge is 0.222 e. The predicted octanol–water partition coefficient (Wildman–Crippen LogP) is 3.43. The van der Waals surface area contributed by atoms with Gasteiger partial charge < -0.3 is 0 Å². The minimum atomic E-state index is -0.282. The van der Waals surface area contributed by atoms with Crippen LogP contribution in [-0.4, -0.2) is 5.24 Å². The maximum absolute atomic E-state index is 10.9. The molecular weight excluding hydrogens is 196 g/mol. The molecule has 0 bridgehead atoms. The fourth-order valence-corrected chi connectivity index (χ4v) is 1.79. The van der Waals surface area contributed by atoms with E-state index in [1.54, 1.807) is 0 Å². The molecule has 0 amide bonds. The molecule has 1 nitrogen and oxygen atoms in total. The normalized spacial score (nSPS) is 11.4. The fraction of sp³-hybridized carbons (Fsp3) is 0.417. The number of hydrogen-bond donors (Lipinski definition) is 0. The monoisotopic (exact) mass is 210 g/mol. The number of benzene rings is 1. The van der Waals surface area contributed by atoms with Gasteiger partial charge in [-0.2, -0.15) is 0 Å². The molecule has 1 aromatic carbocycles. The molecule has 0 aliphatic rings. The summed E-state index contributed by atoms with van der Waals surface area (Å²) in [6.45, 7) is 6.10. The van der Waals surface area contributed by atoms with Gasteiger partial charge in [-0.1, -0.05) is 43.7 Å². The summed E-state index contributed by atoms with van der Waals surface area (Å²) >= 11 is 5.40. The molecule has 0 saturated heterocycles. The molecule has 76 valence electrons. The lowest BCUT2D eigenvalue weighted by Crippen LogP contribution is -2.19. The number of aryl methyl sites for hydroxylation is 1. The van der Waals surface area contributed by atoms with Gasteiger partial charge in [-0.3, -0.25) is 4.79 Å². The maximum atomic E-state index is 10.9. The minimum absolute atomic E-state index is 0.174. The Labute approximate surface area is 90.1 Å². The van der Waals surface area contributed by atoms with Crippen molar-refractivity contribution in [1.82, 2.24) is 0 Å². The lowest BCUT2D eigenvalue weighted by molar-refractivity contribution is -0.112. The van der Waals surface area contributed by atoms with Crippen LogP contribution in [0.3, 0.4) is 0 Å². The molecule has 0 radical (unpaired) electrons. The topological polar surface area (TPSA) is 17.1 Å². The van der Waals surface area contributed by atoms with Crippen molar-refractivity contribution < 1.29 is 4.79 Å². The lowest BCUT2D eigenvalue weighted by atomic mass is 9.82. The molecule has 0 N–H and O–H groups in total. The third kappa shape index (κ3) is 2.85. The van der Waals surface area contributed by atoms with E-state index >= 15 is 0 Å². The van der Waals surface area contributed by atoms with Gasteiger partial charge in [-0.05, 0) is 29.5 Å². The molecule has 14 heavy (non-hydrogen) atoms. The second kappa shape index (κ2) is 4.14.